The van der Waals surface area contributed by atoms with Crippen LogP contribution in [0, 0.1) is 12.7 Å². The zero-order chi connectivity index (χ0) is 26.0. The van der Waals surface area contributed by atoms with Gasteiger partial charge >= 0.3 is 0 Å². The molecular formula is C29H28FN3O3S. The predicted octanol–water partition coefficient (Wildman–Crippen LogP) is 5.16. The Morgan fingerprint density at radius 1 is 1.00 bits per heavy atom. The Morgan fingerprint density at radius 2 is 1.68 bits per heavy atom. The first-order chi connectivity index (χ1) is 17.8. The van der Waals surface area contributed by atoms with Crippen molar-refractivity contribution < 1.29 is 17.6 Å². The maximum atomic E-state index is 14.3. The van der Waals surface area contributed by atoms with Gasteiger partial charge in [0.05, 0.1) is 30.7 Å². The van der Waals surface area contributed by atoms with Gasteiger partial charge in [0.1, 0.15) is 5.82 Å². The monoisotopic (exact) mass is 517 g/mol. The molecule has 1 fully saturated rings. The van der Waals surface area contributed by atoms with Crippen molar-refractivity contribution in [3.05, 3.63) is 119 Å². The zero-order valence-electron chi connectivity index (χ0n) is 20.5. The van der Waals surface area contributed by atoms with Crippen molar-refractivity contribution in [2.45, 2.75) is 49.8 Å². The van der Waals surface area contributed by atoms with Crippen molar-refractivity contribution in [1.29, 1.82) is 0 Å². The number of hydrogen-bond donors (Lipinski definition) is 0. The first-order valence-electron chi connectivity index (χ1n) is 12.2. The summed E-state index contributed by atoms with van der Waals surface area (Å²) in [6.45, 7) is 2.40. The molecule has 0 bridgehead atoms. The van der Waals surface area contributed by atoms with Crippen molar-refractivity contribution in [1.82, 2.24) is 14.5 Å². The summed E-state index contributed by atoms with van der Waals surface area (Å²) in [5, 5.41) is -0.131. The summed E-state index contributed by atoms with van der Waals surface area (Å²) >= 11 is 0. The molecular weight excluding hydrogens is 489 g/mol. The van der Waals surface area contributed by atoms with Gasteiger partial charge in [-0.15, -0.1) is 0 Å². The van der Waals surface area contributed by atoms with Crippen LogP contribution in [-0.2, 0) is 28.7 Å². The van der Waals surface area contributed by atoms with Gasteiger partial charge in [0, 0.05) is 17.2 Å². The molecule has 3 aromatic carbocycles. The maximum absolute atomic E-state index is 14.3. The number of carbonyl (C=O) groups is 1. The topological polar surface area (TPSA) is 72.3 Å². The number of amides is 1. The Labute approximate surface area is 216 Å². The lowest BCUT2D eigenvalue weighted by Gasteiger charge is -2.24. The lowest BCUT2D eigenvalue weighted by atomic mass is 10.1. The third kappa shape index (κ3) is 5.49. The van der Waals surface area contributed by atoms with Crippen LogP contribution < -0.4 is 0 Å². The van der Waals surface area contributed by atoms with Crippen LogP contribution in [0.25, 0.3) is 0 Å². The summed E-state index contributed by atoms with van der Waals surface area (Å²) in [7, 11) is -3.98. The molecule has 0 aliphatic heterocycles. The smallest absolute Gasteiger partial charge is 0.254 e. The van der Waals surface area contributed by atoms with E-state index in [0.717, 1.165) is 24.0 Å². The normalized spacial score (nSPS) is 13.5. The Morgan fingerprint density at radius 3 is 2.38 bits per heavy atom. The average molecular weight is 518 g/mol. The fourth-order valence-corrected chi connectivity index (χ4v) is 5.98. The summed E-state index contributed by atoms with van der Waals surface area (Å²) in [6.07, 6.45) is 3.34. The minimum absolute atomic E-state index is 0.0798. The van der Waals surface area contributed by atoms with Gasteiger partial charge in [-0.05, 0) is 43.0 Å². The Bertz CT molecular complexity index is 1530. The lowest BCUT2D eigenvalue weighted by Crippen LogP contribution is -2.34. The van der Waals surface area contributed by atoms with Crippen LogP contribution in [-0.4, -0.2) is 34.8 Å². The number of carbonyl (C=O) groups excluding carboxylic acids is 1. The second-order valence-electron chi connectivity index (χ2n) is 9.43. The molecule has 0 spiro atoms. The van der Waals surface area contributed by atoms with Gasteiger partial charge in [0.2, 0.25) is 15.0 Å². The van der Waals surface area contributed by atoms with Crippen molar-refractivity contribution in [2.24, 2.45) is 0 Å². The van der Waals surface area contributed by atoms with E-state index in [-0.39, 0.29) is 35.8 Å². The van der Waals surface area contributed by atoms with Gasteiger partial charge in [0.15, 0.2) is 0 Å². The minimum atomic E-state index is -3.98. The van der Waals surface area contributed by atoms with E-state index in [1.165, 1.54) is 24.4 Å². The fraction of sp³-hybridized carbons (Fsp3) is 0.241. The highest BCUT2D eigenvalue weighted by Gasteiger charge is 2.35. The summed E-state index contributed by atoms with van der Waals surface area (Å²) < 4.78 is 42.9. The van der Waals surface area contributed by atoms with Crippen LogP contribution >= 0.6 is 0 Å². The molecule has 1 saturated carbocycles. The van der Waals surface area contributed by atoms with Gasteiger partial charge < -0.3 is 9.47 Å². The molecule has 1 amide bonds. The third-order valence-corrected chi connectivity index (χ3v) is 8.20. The average Bonchev–Trinajstić information content (AvgIpc) is 3.65. The number of benzene rings is 3. The van der Waals surface area contributed by atoms with E-state index in [2.05, 4.69) is 4.98 Å². The Kier molecular flexibility index (Phi) is 6.93. The van der Waals surface area contributed by atoms with E-state index in [1.807, 2.05) is 66.4 Å². The van der Waals surface area contributed by atoms with Crippen LogP contribution in [0.5, 0.6) is 0 Å². The molecule has 6 nitrogen and oxygen atoms in total. The summed E-state index contributed by atoms with van der Waals surface area (Å²) in [4.78, 5) is 19.7. The van der Waals surface area contributed by atoms with E-state index >= 15 is 0 Å². The number of sulfone groups is 1. The van der Waals surface area contributed by atoms with E-state index in [0.29, 0.717) is 11.3 Å². The van der Waals surface area contributed by atoms with E-state index < -0.39 is 21.4 Å². The Hall–Kier alpha value is -3.78. The molecule has 0 N–H and O–H groups in total. The highest BCUT2D eigenvalue weighted by Crippen LogP contribution is 2.31. The largest absolute Gasteiger partial charge is 0.330 e. The van der Waals surface area contributed by atoms with Crippen molar-refractivity contribution in [2.75, 3.05) is 0 Å². The van der Waals surface area contributed by atoms with Crippen LogP contribution in [0.3, 0.4) is 0 Å². The summed E-state index contributed by atoms with van der Waals surface area (Å²) in [5.41, 5.74) is 3.13. The fourth-order valence-electron chi connectivity index (χ4n) is 4.48. The number of aromatic nitrogens is 2. The molecule has 4 aromatic rings. The number of rotatable bonds is 9. The molecule has 8 heteroatoms. The zero-order valence-corrected chi connectivity index (χ0v) is 21.4. The number of hydrogen-bond acceptors (Lipinski definition) is 4. The molecule has 0 saturated heterocycles. The predicted molar refractivity (Wildman–Crippen MR) is 139 cm³/mol. The van der Waals surface area contributed by atoms with E-state index in [1.54, 1.807) is 10.6 Å². The van der Waals surface area contributed by atoms with Crippen LogP contribution in [0.4, 0.5) is 4.39 Å². The van der Waals surface area contributed by atoms with Gasteiger partial charge in [0.25, 0.3) is 5.91 Å². The van der Waals surface area contributed by atoms with E-state index in [4.69, 9.17) is 0 Å². The van der Waals surface area contributed by atoms with E-state index in [9.17, 15) is 17.6 Å². The highest BCUT2D eigenvalue weighted by atomic mass is 32.2. The molecule has 37 heavy (non-hydrogen) atoms. The molecule has 1 aliphatic rings. The molecule has 1 aromatic heterocycles. The standard InChI is InChI=1S/C29H28FN3O3S/c1-21-9-5-7-13-26(21)28(34)32(24-15-16-24)19-25-17-31-29(33(25)18-22-10-3-2-4-11-22)37(35,36)20-23-12-6-8-14-27(23)30/h2-14,17,24H,15-16,18-20H2,1H3. The quantitative estimate of drug-likeness (QED) is 0.308. The van der Waals surface area contributed by atoms with Gasteiger partial charge in [-0.2, -0.15) is 0 Å². The lowest BCUT2D eigenvalue weighted by molar-refractivity contribution is 0.0725. The van der Waals surface area contributed by atoms with Gasteiger partial charge in [-0.25, -0.2) is 17.8 Å². The van der Waals surface area contributed by atoms with Crippen LogP contribution in [0.2, 0.25) is 0 Å². The van der Waals surface area contributed by atoms with Crippen molar-refractivity contribution in [3.8, 4) is 0 Å². The molecule has 190 valence electrons. The number of halogens is 1. The number of imidazole rings is 1. The van der Waals surface area contributed by atoms with Crippen molar-refractivity contribution >= 4 is 15.7 Å². The first kappa shape index (κ1) is 24.9. The minimum Gasteiger partial charge on any atom is -0.330 e. The molecule has 0 unspecified atom stereocenters. The van der Waals surface area contributed by atoms with Gasteiger partial charge in [-0.3, -0.25) is 4.79 Å². The second-order valence-corrected chi connectivity index (χ2v) is 11.3. The SMILES string of the molecule is Cc1ccccc1C(=O)N(Cc1cnc(S(=O)(=O)Cc2ccccc2F)n1Cc1ccccc1)C1CC1. The number of nitrogens with zero attached hydrogens (tertiary/aromatic N) is 3. The van der Waals surface area contributed by atoms with Crippen LogP contribution in [0.15, 0.2) is 90.2 Å². The second kappa shape index (κ2) is 10.3. The molecule has 5 rings (SSSR count). The maximum Gasteiger partial charge on any atom is 0.254 e. The van der Waals surface area contributed by atoms with Crippen LogP contribution in [0.1, 0.15) is 45.6 Å². The molecule has 1 heterocycles. The third-order valence-electron chi connectivity index (χ3n) is 6.62. The molecule has 1 aliphatic carbocycles. The number of aryl methyl sites for hydroxylation is 1. The molecule has 0 radical (unpaired) electrons. The van der Waals surface area contributed by atoms with Crippen molar-refractivity contribution in [3.63, 3.8) is 0 Å². The summed E-state index contributed by atoms with van der Waals surface area (Å²) in [6, 6.07) is 22.9. The molecule has 0 atom stereocenters. The first-order valence-corrected chi connectivity index (χ1v) is 13.9. The summed E-state index contributed by atoms with van der Waals surface area (Å²) in [5.74, 6) is -1.15. The highest BCUT2D eigenvalue weighted by molar-refractivity contribution is 7.90. The van der Waals surface area contributed by atoms with Gasteiger partial charge in [-0.1, -0.05) is 66.7 Å². The Balaban J connectivity index is 1.52.